The minimum Gasteiger partial charge on any atom is -0.333 e. The molecule has 0 aliphatic carbocycles. The van der Waals surface area contributed by atoms with Crippen molar-refractivity contribution < 1.29 is 4.79 Å². The van der Waals surface area contributed by atoms with Crippen LogP contribution in [-0.4, -0.2) is 41.0 Å². The highest BCUT2D eigenvalue weighted by Gasteiger charge is 2.34. The van der Waals surface area contributed by atoms with Crippen LogP contribution >= 0.6 is 11.6 Å². The monoisotopic (exact) mass is 293 g/mol. The van der Waals surface area contributed by atoms with Crippen molar-refractivity contribution in [1.29, 1.82) is 0 Å². The van der Waals surface area contributed by atoms with Crippen LogP contribution in [-0.2, 0) is 0 Å². The topological polar surface area (TPSA) is 45.2 Å². The third-order valence-electron chi connectivity index (χ3n) is 4.32. The van der Waals surface area contributed by atoms with E-state index >= 15 is 0 Å². The largest absolute Gasteiger partial charge is 0.333 e. The Bertz CT molecular complexity index is 471. The van der Waals surface area contributed by atoms with Gasteiger partial charge in [0.2, 0.25) is 0 Å². The molecule has 3 heterocycles. The summed E-state index contributed by atoms with van der Waals surface area (Å²) in [5.41, 5.74) is 0.499. The van der Waals surface area contributed by atoms with Crippen LogP contribution < -0.4 is 5.32 Å². The molecule has 2 atom stereocenters. The van der Waals surface area contributed by atoms with Gasteiger partial charge in [0.1, 0.15) is 5.69 Å². The van der Waals surface area contributed by atoms with Gasteiger partial charge in [-0.1, -0.05) is 11.6 Å². The SMILES string of the molecule is O=C(c1ccc(Cl)cn1)N1CCCCC1C1CCCN1. The molecule has 5 heteroatoms. The smallest absolute Gasteiger partial charge is 0.272 e. The quantitative estimate of drug-likeness (QED) is 0.911. The lowest BCUT2D eigenvalue weighted by Gasteiger charge is -2.39. The van der Waals surface area contributed by atoms with Gasteiger partial charge in [0.05, 0.1) is 5.02 Å². The summed E-state index contributed by atoms with van der Waals surface area (Å²) in [6.45, 7) is 1.91. The Kier molecular flexibility index (Phi) is 4.22. The predicted octanol–water partition coefficient (Wildman–Crippen LogP) is 2.48. The molecule has 0 bridgehead atoms. The number of amides is 1. The minimum atomic E-state index is 0.0417. The maximum atomic E-state index is 12.7. The number of rotatable bonds is 2. The van der Waals surface area contributed by atoms with Crippen molar-refractivity contribution in [1.82, 2.24) is 15.2 Å². The number of likely N-dealkylation sites (tertiary alicyclic amines) is 1. The number of hydrogen-bond donors (Lipinski definition) is 1. The molecular formula is C15H20ClN3O. The van der Waals surface area contributed by atoms with Gasteiger partial charge in [-0.15, -0.1) is 0 Å². The van der Waals surface area contributed by atoms with Crippen molar-refractivity contribution in [3.63, 3.8) is 0 Å². The summed E-state index contributed by atoms with van der Waals surface area (Å²) in [6.07, 6.45) is 7.31. The Labute approximate surface area is 124 Å². The van der Waals surface area contributed by atoms with E-state index in [0.29, 0.717) is 22.8 Å². The number of piperidine rings is 1. The Morgan fingerprint density at radius 3 is 2.90 bits per heavy atom. The Morgan fingerprint density at radius 1 is 1.30 bits per heavy atom. The Balaban J connectivity index is 1.78. The van der Waals surface area contributed by atoms with Crippen LogP contribution in [0.2, 0.25) is 5.02 Å². The van der Waals surface area contributed by atoms with Crippen molar-refractivity contribution >= 4 is 17.5 Å². The summed E-state index contributed by atoms with van der Waals surface area (Å²) < 4.78 is 0. The van der Waals surface area contributed by atoms with Crippen molar-refractivity contribution in [3.8, 4) is 0 Å². The molecule has 2 saturated heterocycles. The summed E-state index contributed by atoms with van der Waals surface area (Å²) in [5, 5.41) is 4.10. The molecule has 0 saturated carbocycles. The van der Waals surface area contributed by atoms with Gasteiger partial charge < -0.3 is 10.2 Å². The predicted molar refractivity (Wildman–Crippen MR) is 78.9 cm³/mol. The molecule has 1 amide bonds. The normalized spacial score (nSPS) is 26.8. The molecule has 2 unspecified atom stereocenters. The van der Waals surface area contributed by atoms with Gasteiger partial charge in [-0.05, 0) is 50.8 Å². The lowest BCUT2D eigenvalue weighted by molar-refractivity contribution is 0.0557. The number of hydrogen-bond acceptors (Lipinski definition) is 3. The molecule has 108 valence electrons. The van der Waals surface area contributed by atoms with Crippen molar-refractivity contribution in [2.45, 2.75) is 44.2 Å². The van der Waals surface area contributed by atoms with E-state index in [9.17, 15) is 4.79 Å². The number of aromatic nitrogens is 1. The van der Waals surface area contributed by atoms with Crippen LogP contribution in [0.4, 0.5) is 0 Å². The fraction of sp³-hybridized carbons (Fsp3) is 0.600. The van der Waals surface area contributed by atoms with Crippen LogP contribution in [0.3, 0.4) is 0 Å². The van der Waals surface area contributed by atoms with Gasteiger partial charge in [0.25, 0.3) is 5.91 Å². The summed E-state index contributed by atoms with van der Waals surface area (Å²) in [6, 6.07) is 4.22. The zero-order valence-electron chi connectivity index (χ0n) is 11.5. The summed E-state index contributed by atoms with van der Waals surface area (Å²) in [4.78, 5) is 18.9. The summed E-state index contributed by atoms with van der Waals surface area (Å²) in [7, 11) is 0. The fourth-order valence-electron chi connectivity index (χ4n) is 3.32. The Hall–Kier alpha value is -1.13. The van der Waals surface area contributed by atoms with E-state index in [4.69, 9.17) is 11.6 Å². The minimum absolute atomic E-state index is 0.0417. The van der Waals surface area contributed by atoms with Crippen LogP contribution in [0.25, 0.3) is 0 Å². The number of pyridine rings is 1. The van der Waals surface area contributed by atoms with E-state index in [-0.39, 0.29) is 5.91 Å². The maximum Gasteiger partial charge on any atom is 0.272 e. The van der Waals surface area contributed by atoms with Gasteiger partial charge >= 0.3 is 0 Å². The second-order valence-electron chi connectivity index (χ2n) is 5.63. The van der Waals surface area contributed by atoms with E-state index in [0.717, 1.165) is 25.9 Å². The van der Waals surface area contributed by atoms with E-state index in [2.05, 4.69) is 10.3 Å². The van der Waals surface area contributed by atoms with Crippen molar-refractivity contribution in [3.05, 3.63) is 29.0 Å². The van der Waals surface area contributed by atoms with Crippen LogP contribution in [0, 0.1) is 0 Å². The third kappa shape index (κ3) is 2.81. The van der Waals surface area contributed by atoms with Gasteiger partial charge in [0, 0.05) is 24.8 Å². The molecule has 1 N–H and O–H groups in total. The molecule has 20 heavy (non-hydrogen) atoms. The van der Waals surface area contributed by atoms with Gasteiger partial charge in [-0.3, -0.25) is 4.79 Å². The molecule has 4 nitrogen and oxygen atoms in total. The number of carbonyl (C=O) groups excluding carboxylic acids is 1. The second-order valence-corrected chi connectivity index (χ2v) is 6.06. The fourth-order valence-corrected chi connectivity index (χ4v) is 3.43. The lowest BCUT2D eigenvalue weighted by Crippen LogP contribution is -2.52. The maximum absolute atomic E-state index is 12.7. The summed E-state index contributed by atoms with van der Waals surface area (Å²) >= 11 is 5.84. The second kappa shape index (κ2) is 6.10. The standard InChI is InChI=1S/C15H20ClN3O/c16-11-6-7-13(18-10-11)15(20)19-9-2-1-5-14(19)12-4-3-8-17-12/h6-7,10,12,14,17H,1-5,8-9H2. The molecule has 1 aromatic heterocycles. The average Bonchev–Trinajstić information content (AvgIpc) is 3.01. The van der Waals surface area contributed by atoms with Crippen molar-refractivity contribution in [2.24, 2.45) is 0 Å². The van der Waals surface area contributed by atoms with Gasteiger partial charge in [-0.2, -0.15) is 0 Å². The molecule has 0 spiro atoms. The third-order valence-corrected chi connectivity index (χ3v) is 4.54. The number of halogens is 1. The van der Waals surface area contributed by atoms with Crippen molar-refractivity contribution in [2.75, 3.05) is 13.1 Å². The summed E-state index contributed by atoms with van der Waals surface area (Å²) in [5.74, 6) is 0.0417. The van der Waals surface area contributed by atoms with Crippen LogP contribution in [0.1, 0.15) is 42.6 Å². The zero-order chi connectivity index (χ0) is 13.9. The highest BCUT2D eigenvalue weighted by molar-refractivity contribution is 6.30. The highest BCUT2D eigenvalue weighted by Crippen LogP contribution is 2.25. The first kappa shape index (κ1) is 13.8. The molecule has 2 fully saturated rings. The molecule has 0 aromatic carbocycles. The molecule has 0 radical (unpaired) electrons. The van der Waals surface area contributed by atoms with Crippen LogP contribution in [0.5, 0.6) is 0 Å². The number of nitrogens with zero attached hydrogens (tertiary/aromatic N) is 2. The number of nitrogens with one attached hydrogen (secondary N) is 1. The first-order valence-electron chi connectivity index (χ1n) is 7.41. The molecule has 1 aromatic rings. The lowest BCUT2D eigenvalue weighted by atomic mass is 9.94. The van der Waals surface area contributed by atoms with Gasteiger partial charge in [-0.25, -0.2) is 4.98 Å². The molecular weight excluding hydrogens is 274 g/mol. The molecule has 3 rings (SSSR count). The Morgan fingerprint density at radius 2 is 2.20 bits per heavy atom. The first-order chi connectivity index (χ1) is 9.75. The van der Waals surface area contributed by atoms with E-state index in [1.807, 2.05) is 4.90 Å². The van der Waals surface area contributed by atoms with E-state index in [1.165, 1.54) is 19.3 Å². The number of carbonyl (C=O) groups is 1. The first-order valence-corrected chi connectivity index (χ1v) is 7.79. The van der Waals surface area contributed by atoms with Crippen LogP contribution in [0.15, 0.2) is 18.3 Å². The molecule has 2 aliphatic heterocycles. The molecule has 2 aliphatic rings. The average molecular weight is 294 g/mol. The zero-order valence-corrected chi connectivity index (χ0v) is 12.3. The van der Waals surface area contributed by atoms with Gasteiger partial charge in [0.15, 0.2) is 0 Å². The highest BCUT2D eigenvalue weighted by atomic mass is 35.5. The van der Waals surface area contributed by atoms with E-state index in [1.54, 1.807) is 18.3 Å². The van der Waals surface area contributed by atoms with E-state index < -0.39 is 0 Å².